The van der Waals surface area contributed by atoms with Gasteiger partial charge in [-0.3, -0.25) is 9.69 Å². The van der Waals surface area contributed by atoms with Crippen LogP contribution in [0.4, 0.5) is 8.78 Å². The Labute approximate surface area is 226 Å². The summed E-state index contributed by atoms with van der Waals surface area (Å²) >= 11 is 0. The van der Waals surface area contributed by atoms with Crippen LogP contribution in [0.2, 0.25) is 0 Å². The van der Waals surface area contributed by atoms with Gasteiger partial charge in [0.1, 0.15) is 30.3 Å². The van der Waals surface area contributed by atoms with E-state index < -0.39 is 17.2 Å². The predicted octanol–water partition coefficient (Wildman–Crippen LogP) is 2.73. The van der Waals surface area contributed by atoms with Gasteiger partial charge in [-0.2, -0.15) is 0 Å². The van der Waals surface area contributed by atoms with Gasteiger partial charge in [-0.1, -0.05) is 12.1 Å². The first-order valence-electron chi connectivity index (χ1n) is 12.8. The van der Waals surface area contributed by atoms with Crippen LogP contribution in [0.3, 0.4) is 0 Å². The van der Waals surface area contributed by atoms with Gasteiger partial charge < -0.3 is 28.8 Å². The van der Waals surface area contributed by atoms with E-state index in [0.717, 1.165) is 36.4 Å². The minimum Gasteiger partial charge on any atom is -0.494 e. The number of aliphatic hydroxyl groups is 1. The summed E-state index contributed by atoms with van der Waals surface area (Å²) in [4.78, 5) is 20.2. The van der Waals surface area contributed by atoms with Crippen molar-refractivity contribution in [1.82, 2.24) is 19.4 Å². The van der Waals surface area contributed by atoms with Gasteiger partial charge in [-0.25, -0.2) is 13.8 Å². The molecule has 1 amide bonds. The van der Waals surface area contributed by atoms with Gasteiger partial charge in [-0.15, -0.1) is 0 Å². The number of halogens is 2. The zero-order valence-corrected chi connectivity index (χ0v) is 22.0. The van der Waals surface area contributed by atoms with Crippen LogP contribution in [-0.4, -0.2) is 89.1 Å². The molecule has 1 N–H and O–H groups in total. The van der Waals surface area contributed by atoms with Crippen LogP contribution in [0.5, 0.6) is 11.5 Å². The molecule has 2 heterocycles. The lowest BCUT2D eigenvalue weighted by atomic mass is 10.0. The number of ether oxygens (including phenoxy) is 3. The van der Waals surface area contributed by atoms with Gasteiger partial charge in [0.25, 0.3) is 0 Å². The average Bonchev–Trinajstić information content (AvgIpc) is 3.38. The van der Waals surface area contributed by atoms with E-state index in [-0.39, 0.29) is 38.0 Å². The SMILES string of the molecule is COCC(=O)N1CCN(Cc2cccc(OCCCn3ccnc3)c2)CC(O)(COc2ccc(F)c(F)c2)C1. The van der Waals surface area contributed by atoms with Crippen molar-refractivity contribution in [3.8, 4) is 11.5 Å². The molecular formula is C28H34F2N4O5. The van der Waals surface area contributed by atoms with E-state index in [0.29, 0.717) is 26.2 Å². The summed E-state index contributed by atoms with van der Waals surface area (Å²) in [5, 5.41) is 11.5. The smallest absolute Gasteiger partial charge is 0.248 e. The van der Waals surface area contributed by atoms with E-state index in [1.165, 1.54) is 18.1 Å². The van der Waals surface area contributed by atoms with Gasteiger partial charge in [0.05, 0.1) is 19.5 Å². The van der Waals surface area contributed by atoms with Crippen molar-refractivity contribution < 1.29 is 32.9 Å². The number of hydrogen-bond acceptors (Lipinski definition) is 7. The maximum Gasteiger partial charge on any atom is 0.248 e. The van der Waals surface area contributed by atoms with E-state index in [1.54, 1.807) is 12.5 Å². The van der Waals surface area contributed by atoms with Gasteiger partial charge in [0.2, 0.25) is 5.91 Å². The van der Waals surface area contributed by atoms with E-state index in [4.69, 9.17) is 14.2 Å². The number of aromatic nitrogens is 2. The molecule has 3 aromatic rings. The van der Waals surface area contributed by atoms with Crippen LogP contribution >= 0.6 is 0 Å². The number of nitrogens with zero attached hydrogens (tertiary/aromatic N) is 4. The number of amides is 1. The second kappa shape index (κ2) is 13.5. The number of carbonyl (C=O) groups is 1. The lowest BCUT2D eigenvalue weighted by Crippen LogP contribution is -2.52. The Hall–Kier alpha value is -3.54. The molecule has 210 valence electrons. The molecule has 1 fully saturated rings. The second-order valence-electron chi connectivity index (χ2n) is 9.70. The topological polar surface area (TPSA) is 89.3 Å². The molecule has 0 bridgehead atoms. The molecule has 0 radical (unpaired) electrons. The number of benzene rings is 2. The molecular weight excluding hydrogens is 510 g/mol. The van der Waals surface area contributed by atoms with Gasteiger partial charge in [0.15, 0.2) is 11.6 Å². The van der Waals surface area contributed by atoms with Crippen LogP contribution in [0.15, 0.2) is 61.2 Å². The van der Waals surface area contributed by atoms with Crippen molar-refractivity contribution in [3.63, 3.8) is 0 Å². The van der Waals surface area contributed by atoms with Crippen LogP contribution in [0, 0.1) is 11.6 Å². The number of carbonyl (C=O) groups excluding carboxylic acids is 1. The van der Waals surface area contributed by atoms with Crippen molar-refractivity contribution in [2.24, 2.45) is 0 Å². The zero-order chi connectivity index (χ0) is 27.7. The molecule has 1 saturated heterocycles. The first-order valence-corrected chi connectivity index (χ1v) is 12.8. The third kappa shape index (κ3) is 8.47. The summed E-state index contributed by atoms with van der Waals surface area (Å²) in [7, 11) is 1.44. The van der Waals surface area contributed by atoms with Crippen molar-refractivity contribution in [3.05, 3.63) is 78.4 Å². The molecule has 1 atom stereocenters. The highest BCUT2D eigenvalue weighted by Crippen LogP contribution is 2.22. The highest BCUT2D eigenvalue weighted by molar-refractivity contribution is 5.77. The minimum absolute atomic E-state index is 0.00936. The minimum atomic E-state index is -1.47. The molecule has 39 heavy (non-hydrogen) atoms. The van der Waals surface area contributed by atoms with Crippen LogP contribution < -0.4 is 9.47 Å². The normalized spacial score (nSPS) is 18.1. The summed E-state index contributed by atoms with van der Waals surface area (Å²) in [6.45, 7) is 2.66. The zero-order valence-electron chi connectivity index (χ0n) is 22.0. The third-order valence-electron chi connectivity index (χ3n) is 6.40. The fourth-order valence-electron chi connectivity index (χ4n) is 4.53. The number of aryl methyl sites for hydroxylation is 1. The summed E-state index contributed by atoms with van der Waals surface area (Å²) < 4.78 is 45.5. The number of imidazole rings is 1. The monoisotopic (exact) mass is 544 g/mol. The Balaban J connectivity index is 1.40. The van der Waals surface area contributed by atoms with E-state index in [1.807, 2.05) is 39.9 Å². The Morgan fingerprint density at radius 1 is 1.08 bits per heavy atom. The van der Waals surface area contributed by atoms with Crippen LogP contribution in [0.1, 0.15) is 12.0 Å². The molecule has 1 aromatic heterocycles. The fourth-order valence-corrected chi connectivity index (χ4v) is 4.53. The second-order valence-corrected chi connectivity index (χ2v) is 9.70. The third-order valence-corrected chi connectivity index (χ3v) is 6.40. The van der Waals surface area contributed by atoms with Gasteiger partial charge >= 0.3 is 0 Å². The number of rotatable bonds is 12. The standard InChI is InChI=1S/C28H34F2N4O5/c1-37-17-27(35)34-12-11-33(18-28(36,19-34)20-39-24-6-7-25(29)26(30)15-24)16-22-4-2-5-23(14-22)38-13-3-9-32-10-8-31-21-32/h2,4-8,10,14-15,21,36H,3,9,11-13,16-20H2,1H3. The molecule has 11 heteroatoms. The molecule has 1 aliphatic heterocycles. The van der Waals surface area contributed by atoms with Crippen LogP contribution in [0.25, 0.3) is 0 Å². The predicted molar refractivity (Wildman–Crippen MR) is 139 cm³/mol. The molecule has 1 unspecified atom stereocenters. The summed E-state index contributed by atoms with van der Waals surface area (Å²) in [5.74, 6) is -1.44. The Morgan fingerprint density at radius 3 is 2.69 bits per heavy atom. The molecule has 1 aliphatic rings. The molecule has 2 aromatic carbocycles. The molecule has 4 rings (SSSR count). The van der Waals surface area contributed by atoms with Gasteiger partial charge in [0, 0.05) is 58.3 Å². The summed E-state index contributed by atoms with van der Waals surface area (Å²) in [6, 6.07) is 11.0. The average molecular weight is 545 g/mol. The molecule has 0 saturated carbocycles. The first kappa shape index (κ1) is 28.5. The largest absolute Gasteiger partial charge is 0.494 e. The Kier molecular flexibility index (Phi) is 9.85. The molecule has 0 spiro atoms. The first-order chi connectivity index (χ1) is 18.8. The lowest BCUT2D eigenvalue weighted by molar-refractivity contribution is -0.138. The van der Waals surface area contributed by atoms with Crippen molar-refractivity contribution >= 4 is 5.91 Å². The van der Waals surface area contributed by atoms with E-state index in [9.17, 15) is 18.7 Å². The quantitative estimate of drug-likeness (QED) is 0.351. The maximum absolute atomic E-state index is 13.7. The van der Waals surface area contributed by atoms with Crippen molar-refractivity contribution in [1.29, 1.82) is 0 Å². The van der Waals surface area contributed by atoms with Crippen molar-refractivity contribution in [2.75, 3.05) is 53.1 Å². The number of hydrogen-bond donors (Lipinski definition) is 1. The Morgan fingerprint density at radius 2 is 1.92 bits per heavy atom. The number of β-amino-alcohol motifs (C(OH)–C–C–N with tert-alkyl or cyclic N) is 1. The molecule has 9 nitrogen and oxygen atoms in total. The highest BCUT2D eigenvalue weighted by atomic mass is 19.2. The Bertz CT molecular complexity index is 1210. The van der Waals surface area contributed by atoms with E-state index in [2.05, 4.69) is 4.98 Å². The van der Waals surface area contributed by atoms with Gasteiger partial charge in [-0.05, 0) is 36.2 Å². The lowest BCUT2D eigenvalue weighted by Gasteiger charge is -2.33. The number of methoxy groups -OCH3 is 1. The highest BCUT2D eigenvalue weighted by Gasteiger charge is 2.37. The summed E-state index contributed by atoms with van der Waals surface area (Å²) in [5.41, 5.74) is -0.478. The van der Waals surface area contributed by atoms with E-state index >= 15 is 0 Å². The fraction of sp³-hybridized carbons (Fsp3) is 0.429. The van der Waals surface area contributed by atoms with Crippen molar-refractivity contribution in [2.45, 2.75) is 25.1 Å². The molecule has 0 aliphatic carbocycles. The summed E-state index contributed by atoms with van der Waals surface area (Å²) in [6.07, 6.45) is 6.27. The van der Waals surface area contributed by atoms with Crippen LogP contribution in [-0.2, 0) is 22.6 Å². The maximum atomic E-state index is 13.7.